The van der Waals surface area contributed by atoms with Crippen molar-refractivity contribution < 1.29 is 23.9 Å². The maximum absolute atomic E-state index is 14.1. The summed E-state index contributed by atoms with van der Waals surface area (Å²) >= 11 is 3.45. The SMILES string of the molecule is COc1ccc([C@@H]2C=C3c4ccc5ccccc5c4OC(=O)[C@@H]3[C@@H]3C(=O)N(c4cccc(Br)c4)C(=O)[C@@H]32)cc1. The first-order valence-electron chi connectivity index (χ1n) is 12.7. The van der Waals surface area contributed by atoms with E-state index in [4.69, 9.17) is 9.47 Å². The first kappa shape index (κ1) is 23.9. The highest BCUT2D eigenvalue weighted by Gasteiger charge is 2.60. The number of allylic oxidation sites excluding steroid dienone is 1. The Morgan fingerprint density at radius 2 is 1.62 bits per heavy atom. The van der Waals surface area contributed by atoms with Crippen LogP contribution < -0.4 is 14.4 Å². The minimum atomic E-state index is -0.893. The molecule has 2 amide bonds. The number of ether oxygens (including phenoxy) is 2. The van der Waals surface area contributed by atoms with Crippen LogP contribution in [0, 0.1) is 17.8 Å². The monoisotopic (exact) mass is 579 g/mol. The topological polar surface area (TPSA) is 72.9 Å². The van der Waals surface area contributed by atoms with Crippen molar-refractivity contribution in [2.24, 2.45) is 17.8 Å². The van der Waals surface area contributed by atoms with Crippen LogP contribution in [-0.4, -0.2) is 24.9 Å². The van der Waals surface area contributed by atoms with E-state index in [-0.39, 0.29) is 5.91 Å². The lowest BCUT2D eigenvalue weighted by molar-refractivity contribution is -0.142. The van der Waals surface area contributed by atoms with Gasteiger partial charge in [0, 0.05) is 21.3 Å². The smallest absolute Gasteiger partial charge is 0.319 e. The maximum Gasteiger partial charge on any atom is 0.319 e. The number of hydrogen-bond acceptors (Lipinski definition) is 5. The standard InChI is InChI=1S/C32H22BrNO5/c1-38-21-12-9-18(10-13-21)24-16-25-23-14-11-17-5-2-3-8-22(17)29(23)39-32(37)27(25)28-26(24)30(35)34(31(28)36)20-7-4-6-19(33)15-20/h2-16,24,26-28H,1H3/t24-,26+,27-,28+/m0/s1. The predicted molar refractivity (Wildman–Crippen MR) is 150 cm³/mol. The zero-order chi connectivity index (χ0) is 26.8. The lowest BCUT2D eigenvalue weighted by Gasteiger charge is -2.38. The van der Waals surface area contributed by atoms with Gasteiger partial charge in [-0.25, -0.2) is 4.90 Å². The van der Waals surface area contributed by atoms with Crippen LogP contribution >= 0.6 is 15.9 Å². The molecule has 0 bridgehead atoms. The molecule has 7 heteroatoms. The Morgan fingerprint density at radius 1 is 0.846 bits per heavy atom. The van der Waals surface area contributed by atoms with Gasteiger partial charge in [0.1, 0.15) is 11.5 Å². The third-order valence-corrected chi connectivity index (χ3v) is 8.55. The van der Waals surface area contributed by atoms with E-state index in [1.54, 1.807) is 25.3 Å². The molecule has 0 N–H and O–H groups in total. The number of hydrogen-bond donors (Lipinski definition) is 0. The van der Waals surface area contributed by atoms with Crippen molar-refractivity contribution in [3.05, 3.63) is 107 Å². The van der Waals surface area contributed by atoms with Crippen LogP contribution in [0.25, 0.3) is 16.3 Å². The summed E-state index contributed by atoms with van der Waals surface area (Å²) in [7, 11) is 1.60. The number of fused-ring (bicyclic) bond motifs is 7. The average Bonchev–Trinajstić information content (AvgIpc) is 3.22. The largest absolute Gasteiger partial charge is 0.497 e. The number of rotatable bonds is 3. The highest BCUT2D eigenvalue weighted by atomic mass is 79.9. The minimum absolute atomic E-state index is 0.323. The van der Waals surface area contributed by atoms with Gasteiger partial charge in [-0.1, -0.05) is 76.6 Å². The Balaban J connectivity index is 1.44. The molecule has 0 aromatic heterocycles. The summed E-state index contributed by atoms with van der Waals surface area (Å²) in [4.78, 5) is 43.1. The van der Waals surface area contributed by atoms with Gasteiger partial charge in [0.15, 0.2) is 0 Å². The lowest BCUT2D eigenvalue weighted by Crippen LogP contribution is -2.42. The Hall–Kier alpha value is -4.23. The predicted octanol–water partition coefficient (Wildman–Crippen LogP) is 6.13. The van der Waals surface area contributed by atoms with E-state index in [1.807, 2.05) is 72.8 Å². The second kappa shape index (κ2) is 8.92. The fraction of sp³-hybridized carbons (Fsp3) is 0.156. The molecular formula is C32H22BrNO5. The van der Waals surface area contributed by atoms with Gasteiger partial charge in [0.25, 0.3) is 0 Å². The summed E-state index contributed by atoms with van der Waals surface area (Å²) in [6, 6.07) is 26.3. The van der Waals surface area contributed by atoms with Crippen molar-refractivity contribution in [2.45, 2.75) is 5.92 Å². The number of carbonyl (C=O) groups excluding carboxylic acids is 3. The van der Waals surface area contributed by atoms with E-state index >= 15 is 0 Å². The zero-order valence-electron chi connectivity index (χ0n) is 20.8. The van der Waals surface area contributed by atoms with Gasteiger partial charge < -0.3 is 9.47 Å². The van der Waals surface area contributed by atoms with Gasteiger partial charge in [0.2, 0.25) is 11.8 Å². The van der Waals surface area contributed by atoms with E-state index in [9.17, 15) is 14.4 Å². The van der Waals surface area contributed by atoms with E-state index in [0.29, 0.717) is 17.2 Å². The zero-order valence-corrected chi connectivity index (χ0v) is 22.4. The summed E-state index contributed by atoms with van der Waals surface area (Å²) in [6.45, 7) is 0. The average molecular weight is 580 g/mol. The molecule has 7 rings (SSSR count). The number of nitrogens with zero attached hydrogens (tertiary/aromatic N) is 1. The molecule has 192 valence electrons. The van der Waals surface area contributed by atoms with Crippen LogP contribution in [0.3, 0.4) is 0 Å². The molecule has 0 spiro atoms. The minimum Gasteiger partial charge on any atom is -0.497 e. The Morgan fingerprint density at radius 3 is 2.38 bits per heavy atom. The van der Waals surface area contributed by atoms with Crippen molar-refractivity contribution in [3.8, 4) is 11.5 Å². The van der Waals surface area contributed by atoms with E-state index in [2.05, 4.69) is 15.9 Å². The molecule has 2 heterocycles. The van der Waals surface area contributed by atoms with Crippen LogP contribution in [0.1, 0.15) is 17.0 Å². The van der Waals surface area contributed by atoms with Gasteiger partial charge in [0.05, 0.1) is 30.6 Å². The van der Waals surface area contributed by atoms with Gasteiger partial charge in [-0.05, 0) is 46.9 Å². The summed E-state index contributed by atoms with van der Waals surface area (Å²) in [5.74, 6) is -2.99. The highest BCUT2D eigenvalue weighted by molar-refractivity contribution is 9.10. The highest BCUT2D eigenvalue weighted by Crippen LogP contribution is 2.55. The van der Waals surface area contributed by atoms with Crippen LogP contribution in [0.5, 0.6) is 11.5 Å². The first-order chi connectivity index (χ1) is 19.0. The van der Waals surface area contributed by atoms with Crippen LogP contribution in [0.4, 0.5) is 5.69 Å². The molecule has 0 unspecified atom stereocenters. The Labute approximate surface area is 233 Å². The molecule has 1 saturated heterocycles. The van der Waals surface area contributed by atoms with E-state index < -0.39 is 35.5 Å². The molecule has 1 aliphatic carbocycles. The molecular weight excluding hydrogens is 558 g/mol. The van der Waals surface area contributed by atoms with Gasteiger partial charge in [-0.2, -0.15) is 0 Å². The number of imide groups is 1. The number of halogens is 1. The van der Waals surface area contributed by atoms with Crippen molar-refractivity contribution in [1.82, 2.24) is 0 Å². The normalized spacial score (nSPS) is 23.6. The molecule has 1 fully saturated rings. The number of methoxy groups -OCH3 is 1. The van der Waals surface area contributed by atoms with Gasteiger partial charge >= 0.3 is 5.97 Å². The second-order valence-corrected chi connectivity index (χ2v) is 10.9. The number of amides is 2. The Bertz CT molecular complexity index is 1730. The van der Waals surface area contributed by atoms with Crippen LogP contribution in [0.2, 0.25) is 0 Å². The molecule has 4 aromatic carbocycles. The summed E-state index contributed by atoms with van der Waals surface area (Å²) in [6.07, 6.45) is 2.00. The fourth-order valence-corrected chi connectivity index (χ4v) is 6.70. The molecule has 2 aliphatic heterocycles. The molecule has 0 saturated carbocycles. The lowest BCUT2D eigenvalue weighted by atomic mass is 9.64. The molecule has 4 aromatic rings. The van der Waals surface area contributed by atoms with Crippen LogP contribution in [0.15, 0.2) is 95.5 Å². The molecule has 6 nitrogen and oxygen atoms in total. The van der Waals surface area contributed by atoms with Crippen molar-refractivity contribution in [2.75, 3.05) is 12.0 Å². The van der Waals surface area contributed by atoms with Crippen molar-refractivity contribution in [1.29, 1.82) is 0 Å². The van der Waals surface area contributed by atoms with Crippen molar-refractivity contribution in [3.63, 3.8) is 0 Å². The third-order valence-electron chi connectivity index (χ3n) is 8.05. The number of anilines is 1. The van der Waals surface area contributed by atoms with E-state index in [0.717, 1.165) is 31.9 Å². The summed E-state index contributed by atoms with van der Waals surface area (Å²) < 4.78 is 12.0. The quantitative estimate of drug-likeness (QED) is 0.166. The summed E-state index contributed by atoms with van der Waals surface area (Å²) in [5, 5.41) is 1.78. The van der Waals surface area contributed by atoms with Gasteiger partial charge in [-0.15, -0.1) is 0 Å². The van der Waals surface area contributed by atoms with Gasteiger partial charge in [-0.3, -0.25) is 14.4 Å². The molecule has 39 heavy (non-hydrogen) atoms. The fourth-order valence-electron chi connectivity index (χ4n) is 6.31. The number of carbonyl (C=O) groups is 3. The number of esters is 1. The van der Waals surface area contributed by atoms with Crippen molar-refractivity contribution >= 4 is 55.7 Å². The number of benzene rings is 4. The maximum atomic E-state index is 14.1. The first-order valence-corrected chi connectivity index (χ1v) is 13.5. The summed E-state index contributed by atoms with van der Waals surface area (Å²) in [5.41, 5.74) is 2.84. The molecule has 3 aliphatic rings. The second-order valence-electron chi connectivity index (χ2n) is 10.0. The molecule has 4 atom stereocenters. The Kier molecular flexibility index (Phi) is 5.45. The van der Waals surface area contributed by atoms with Crippen LogP contribution in [-0.2, 0) is 14.4 Å². The van der Waals surface area contributed by atoms with E-state index in [1.165, 1.54) is 4.90 Å². The third kappa shape index (κ3) is 3.57. The molecule has 0 radical (unpaired) electrons.